The van der Waals surface area contributed by atoms with Crippen molar-refractivity contribution in [1.82, 2.24) is 4.98 Å². The molecule has 0 saturated carbocycles. The molecule has 0 unspecified atom stereocenters. The summed E-state index contributed by atoms with van der Waals surface area (Å²) in [5.41, 5.74) is 15.2. The van der Waals surface area contributed by atoms with Crippen molar-refractivity contribution >= 4 is 22.8 Å². The number of hydrogen-bond donors (Lipinski definition) is 0. The molecule has 0 radical (unpaired) electrons. The van der Waals surface area contributed by atoms with Crippen molar-refractivity contribution in [2.24, 2.45) is 9.98 Å². The van der Waals surface area contributed by atoms with E-state index >= 15 is 0 Å². The summed E-state index contributed by atoms with van der Waals surface area (Å²) >= 11 is 0. The maximum Gasteiger partial charge on any atom is 3.00 e. The van der Waals surface area contributed by atoms with Crippen LogP contribution in [-0.4, -0.2) is 16.4 Å². The van der Waals surface area contributed by atoms with E-state index in [4.69, 9.17) is 15.0 Å². The molecule has 0 spiro atoms. The summed E-state index contributed by atoms with van der Waals surface area (Å²) in [6, 6.07) is 13.5. The van der Waals surface area contributed by atoms with Crippen molar-refractivity contribution in [3.63, 3.8) is 0 Å². The molecule has 0 aliphatic heterocycles. The molecule has 0 bridgehead atoms. The van der Waals surface area contributed by atoms with E-state index in [0.717, 1.165) is 72.7 Å². The Morgan fingerprint density at radius 2 is 0.829 bits per heavy atom. The minimum atomic E-state index is 0. The molecule has 0 aliphatic rings. The van der Waals surface area contributed by atoms with E-state index in [0.29, 0.717) is 0 Å². The predicted molar refractivity (Wildman–Crippen MR) is 162 cm³/mol. The van der Waals surface area contributed by atoms with Crippen molar-refractivity contribution < 1.29 is 54.0 Å². The first-order valence-corrected chi connectivity index (χ1v) is 14.2. The van der Waals surface area contributed by atoms with E-state index in [-0.39, 0.29) is 54.0 Å². The molecule has 0 aliphatic carbocycles. The number of pyridine rings is 1. The van der Waals surface area contributed by atoms with Gasteiger partial charge < -0.3 is 37.2 Å². The Hall–Kier alpha value is -1.69. The van der Waals surface area contributed by atoms with Crippen LogP contribution in [0.1, 0.15) is 106 Å². The summed E-state index contributed by atoms with van der Waals surface area (Å²) < 4.78 is 0. The van der Waals surface area contributed by atoms with E-state index in [1.54, 1.807) is 0 Å². The van der Waals surface area contributed by atoms with E-state index < -0.39 is 0 Å². The molecule has 0 N–H and O–H groups in total. The van der Waals surface area contributed by atoms with Gasteiger partial charge in [0.2, 0.25) is 0 Å². The Morgan fingerprint density at radius 1 is 0.537 bits per heavy atom. The molecular formula is C34H45Cl3CoN3. The van der Waals surface area contributed by atoms with Gasteiger partial charge in [-0.25, -0.2) is 4.98 Å². The third-order valence-corrected chi connectivity index (χ3v) is 7.27. The van der Waals surface area contributed by atoms with Crippen molar-refractivity contribution in [1.29, 1.82) is 0 Å². The molecule has 1 heterocycles. The van der Waals surface area contributed by atoms with Crippen LogP contribution >= 0.6 is 0 Å². The molecule has 7 heteroatoms. The van der Waals surface area contributed by atoms with Gasteiger partial charge in [0.1, 0.15) is 0 Å². The van der Waals surface area contributed by atoms with Crippen LogP contribution in [0, 0.1) is 6.92 Å². The molecule has 3 aromatic rings. The Labute approximate surface area is 278 Å². The normalized spacial score (nSPS) is 11.1. The van der Waals surface area contributed by atoms with Crippen molar-refractivity contribution in [3.05, 3.63) is 86.7 Å². The van der Waals surface area contributed by atoms with E-state index in [9.17, 15) is 0 Å². The minimum Gasteiger partial charge on any atom is -1.00 e. The van der Waals surface area contributed by atoms with Crippen LogP contribution in [0.25, 0.3) is 0 Å². The van der Waals surface area contributed by atoms with Gasteiger partial charge in [-0.1, -0.05) is 65.8 Å². The first kappa shape index (κ1) is 41.4. The molecule has 1 aromatic heterocycles. The summed E-state index contributed by atoms with van der Waals surface area (Å²) in [5.74, 6) is 0. The van der Waals surface area contributed by atoms with Gasteiger partial charge in [0, 0.05) is 0 Å². The van der Waals surface area contributed by atoms with Crippen LogP contribution in [0.3, 0.4) is 0 Å². The van der Waals surface area contributed by atoms with Gasteiger partial charge >= 0.3 is 16.8 Å². The monoisotopic (exact) mass is 659 g/mol. The zero-order valence-corrected chi connectivity index (χ0v) is 29.3. The number of hydrogen-bond acceptors (Lipinski definition) is 3. The molecule has 0 fully saturated rings. The molecule has 226 valence electrons. The third kappa shape index (κ3) is 10.2. The quantitative estimate of drug-likeness (QED) is 0.284. The zero-order valence-electron chi connectivity index (χ0n) is 26.0. The summed E-state index contributed by atoms with van der Waals surface area (Å²) in [7, 11) is 0. The second kappa shape index (κ2) is 19.5. The summed E-state index contributed by atoms with van der Waals surface area (Å²) in [4.78, 5) is 15.4. The summed E-state index contributed by atoms with van der Waals surface area (Å²) in [5, 5.41) is 0. The molecule has 0 amide bonds. The Kier molecular flexibility index (Phi) is 19.7. The first-order valence-electron chi connectivity index (χ1n) is 14.2. The molecule has 2 aromatic carbocycles. The van der Waals surface area contributed by atoms with E-state index in [1.807, 2.05) is 0 Å². The Balaban J connectivity index is 0. The average Bonchev–Trinajstić information content (AvgIpc) is 2.92. The number of halogens is 3. The predicted octanol–water partition coefficient (Wildman–Crippen LogP) is 0.0553. The third-order valence-electron chi connectivity index (χ3n) is 7.27. The van der Waals surface area contributed by atoms with Gasteiger partial charge in [0.25, 0.3) is 0 Å². The van der Waals surface area contributed by atoms with Crippen molar-refractivity contribution in [2.75, 3.05) is 0 Å². The van der Waals surface area contributed by atoms with Gasteiger partial charge in [0.05, 0.1) is 34.2 Å². The smallest absolute Gasteiger partial charge is 1.00 e. The van der Waals surface area contributed by atoms with Gasteiger partial charge in [-0.05, 0) is 110 Å². The summed E-state index contributed by atoms with van der Waals surface area (Å²) in [6.07, 6.45) is 5.99. The zero-order chi connectivity index (χ0) is 27.1. The minimum absolute atomic E-state index is 0. The van der Waals surface area contributed by atoms with Crippen LogP contribution in [0.15, 0.2) is 46.4 Å². The van der Waals surface area contributed by atoms with Gasteiger partial charge in [-0.15, -0.1) is 0 Å². The van der Waals surface area contributed by atoms with Crippen LogP contribution in [0.5, 0.6) is 0 Å². The van der Waals surface area contributed by atoms with Crippen LogP contribution in [0.2, 0.25) is 0 Å². The van der Waals surface area contributed by atoms with Crippen molar-refractivity contribution in [2.45, 2.75) is 101 Å². The van der Waals surface area contributed by atoms with Gasteiger partial charge in [-0.3, -0.25) is 9.98 Å². The fraction of sp³-hybridized carbons (Fsp3) is 0.441. The molecule has 0 saturated heterocycles. The topological polar surface area (TPSA) is 37.6 Å². The number of aryl methyl sites for hydroxylation is 7. The van der Waals surface area contributed by atoms with Crippen LogP contribution < -0.4 is 37.2 Å². The SMILES string of the molecule is CCc1cc(CC)c(N=C(C)c2cc(C)cc(C(C)=Nc3c(CC)cc(CC)cc3CC)n2)c(CC)c1.[Cl-].[Cl-].[Cl-].[Co+3]. The second-order valence-corrected chi connectivity index (χ2v) is 9.96. The fourth-order valence-corrected chi connectivity index (χ4v) is 4.93. The standard InChI is InChI=1S/C34H45N3.3ClH.Co/c1-10-25-18-27(12-3)33(28(13-4)19-25)35-23(8)31-16-22(7)17-32(37-31)24(9)36-34-29(14-5)20-26(11-2)21-30(34)15-6;;;;/h16-21H,10-15H2,1-9H3;3*1H;/q;;;;+3/p-3. The van der Waals surface area contributed by atoms with Crippen LogP contribution in [-0.2, 0) is 55.3 Å². The molecule has 3 nitrogen and oxygen atoms in total. The van der Waals surface area contributed by atoms with Crippen LogP contribution in [0.4, 0.5) is 11.4 Å². The first-order chi connectivity index (χ1) is 17.8. The number of rotatable bonds is 10. The summed E-state index contributed by atoms with van der Waals surface area (Å²) in [6.45, 7) is 19.6. The van der Waals surface area contributed by atoms with Gasteiger partial charge in [-0.2, -0.15) is 0 Å². The average molecular weight is 661 g/mol. The number of aliphatic imine (C=N–C) groups is 2. The Bertz CT molecular complexity index is 1190. The van der Waals surface area contributed by atoms with Crippen molar-refractivity contribution in [3.8, 4) is 0 Å². The second-order valence-electron chi connectivity index (χ2n) is 9.96. The number of benzene rings is 2. The number of aromatic nitrogens is 1. The van der Waals surface area contributed by atoms with E-state index in [1.165, 1.54) is 38.9 Å². The Morgan fingerprint density at radius 3 is 1.07 bits per heavy atom. The maximum absolute atomic E-state index is 5.16. The molecule has 41 heavy (non-hydrogen) atoms. The van der Waals surface area contributed by atoms with E-state index in [2.05, 4.69) is 98.7 Å². The molecule has 0 atom stereocenters. The maximum atomic E-state index is 5.16. The molecule has 3 rings (SSSR count). The fourth-order valence-electron chi connectivity index (χ4n) is 4.93. The largest absolute Gasteiger partial charge is 3.00 e. The number of nitrogens with zero attached hydrogens (tertiary/aromatic N) is 3. The molecular weight excluding hydrogens is 616 g/mol. The van der Waals surface area contributed by atoms with Gasteiger partial charge in [0.15, 0.2) is 0 Å².